The number of non-ortho nitro benzene ring substituents is 1. The van der Waals surface area contributed by atoms with E-state index >= 15 is 0 Å². The summed E-state index contributed by atoms with van der Waals surface area (Å²) in [7, 11) is 0. The summed E-state index contributed by atoms with van der Waals surface area (Å²) in [4.78, 5) is 33.6. The Morgan fingerprint density at radius 3 is 2.33 bits per heavy atom. The third-order valence-electron chi connectivity index (χ3n) is 5.48. The minimum atomic E-state index is -0.913. The Kier molecular flexibility index (Phi) is 7.43. The molecule has 14 heteroatoms. The van der Waals surface area contributed by atoms with Crippen LogP contribution in [0.2, 0.25) is 0 Å². The number of phenolic OH excluding ortho intramolecular Hbond substituents is 1. The number of hydrogen-bond donors (Lipinski definition) is 4. The molecule has 3 aromatic rings. The highest BCUT2D eigenvalue weighted by Gasteiger charge is 2.23. The lowest BCUT2D eigenvalue weighted by molar-refractivity contribution is -0.394. The minimum Gasteiger partial charge on any atom is -0.502 e. The summed E-state index contributed by atoms with van der Waals surface area (Å²) >= 11 is 0. The average molecular weight is 493 g/mol. The maximum Gasteiger partial charge on any atom is 0.318 e. The van der Waals surface area contributed by atoms with E-state index in [1.54, 1.807) is 0 Å². The smallest absolute Gasteiger partial charge is 0.318 e. The van der Waals surface area contributed by atoms with Crippen molar-refractivity contribution in [1.82, 2.24) is 15.0 Å². The van der Waals surface area contributed by atoms with Gasteiger partial charge in [-0.25, -0.2) is 5.43 Å². The number of nitrogens with one attached hydrogen (secondary N) is 3. The predicted octanol–water partition coefficient (Wildman–Crippen LogP) is 4.33. The molecular weight excluding hydrogens is 470 g/mol. The van der Waals surface area contributed by atoms with Crippen molar-refractivity contribution in [3.8, 4) is 5.75 Å². The lowest BCUT2D eigenvalue weighted by atomic mass is 9.96. The van der Waals surface area contributed by atoms with Gasteiger partial charge in [-0.05, 0) is 25.0 Å². The van der Waals surface area contributed by atoms with E-state index < -0.39 is 27.0 Å². The number of anilines is 4. The first-order valence-corrected chi connectivity index (χ1v) is 11.2. The van der Waals surface area contributed by atoms with Crippen LogP contribution in [-0.2, 0) is 0 Å². The van der Waals surface area contributed by atoms with E-state index in [-0.39, 0.29) is 23.5 Å². The first-order valence-electron chi connectivity index (χ1n) is 11.2. The first-order chi connectivity index (χ1) is 17.4. The maximum absolute atomic E-state index is 11.2. The zero-order valence-electron chi connectivity index (χ0n) is 19.0. The molecule has 0 radical (unpaired) electrons. The molecule has 0 aliphatic heterocycles. The molecule has 1 aliphatic rings. The van der Waals surface area contributed by atoms with Crippen LogP contribution in [0.25, 0.3) is 0 Å². The van der Waals surface area contributed by atoms with E-state index in [2.05, 4.69) is 36.1 Å². The van der Waals surface area contributed by atoms with Gasteiger partial charge in [0.25, 0.3) is 5.69 Å². The Balaban J connectivity index is 1.59. The number of nitro benzene ring substituents is 2. The predicted molar refractivity (Wildman–Crippen MR) is 133 cm³/mol. The Bertz CT molecular complexity index is 1280. The molecule has 4 N–H and O–H groups in total. The van der Waals surface area contributed by atoms with Gasteiger partial charge in [0, 0.05) is 17.8 Å². The second kappa shape index (κ2) is 11.0. The Hall–Kier alpha value is -4.88. The number of benzene rings is 2. The van der Waals surface area contributed by atoms with E-state index in [0.717, 1.165) is 43.7 Å². The number of aromatic hydroxyl groups is 1. The third-order valence-corrected chi connectivity index (χ3v) is 5.48. The molecule has 14 nitrogen and oxygen atoms in total. The van der Waals surface area contributed by atoms with Gasteiger partial charge in [-0.1, -0.05) is 37.5 Å². The normalized spacial score (nSPS) is 13.9. The van der Waals surface area contributed by atoms with Crippen molar-refractivity contribution >= 4 is 41.1 Å². The minimum absolute atomic E-state index is 0.0532. The molecule has 2 aromatic carbocycles. The van der Waals surface area contributed by atoms with Gasteiger partial charge in [-0.3, -0.25) is 20.2 Å². The molecule has 0 unspecified atom stereocenters. The van der Waals surface area contributed by atoms with Gasteiger partial charge in [0.1, 0.15) is 0 Å². The zero-order chi connectivity index (χ0) is 25.5. The summed E-state index contributed by atoms with van der Waals surface area (Å²) in [6.07, 6.45) is 6.44. The zero-order valence-corrected chi connectivity index (χ0v) is 19.0. The average Bonchev–Trinajstić information content (AvgIpc) is 2.86. The van der Waals surface area contributed by atoms with Crippen LogP contribution in [0.1, 0.15) is 37.7 Å². The molecule has 1 fully saturated rings. The number of hydrogen-bond acceptors (Lipinski definition) is 12. The number of para-hydroxylation sites is 1. The molecular formula is C22H23N9O5. The molecule has 4 rings (SSSR count). The largest absolute Gasteiger partial charge is 0.502 e. The molecule has 0 atom stereocenters. The van der Waals surface area contributed by atoms with Crippen LogP contribution >= 0.6 is 0 Å². The van der Waals surface area contributed by atoms with Crippen molar-refractivity contribution in [3.05, 3.63) is 68.3 Å². The first kappa shape index (κ1) is 24.3. The van der Waals surface area contributed by atoms with Crippen LogP contribution in [0.3, 0.4) is 0 Å². The van der Waals surface area contributed by atoms with Gasteiger partial charge in [0.05, 0.1) is 27.7 Å². The van der Waals surface area contributed by atoms with E-state index in [0.29, 0.717) is 12.0 Å². The van der Waals surface area contributed by atoms with E-state index in [9.17, 15) is 25.3 Å². The second-order valence-electron chi connectivity index (χ2n) is 8.06. The van der Waals surface area contributed by atoms with Gasteiger partial charge in [-0.15, -0.1) is 0 Å². The SMILES string of the molecule is O=[N+]([O-])c1cc(/C=N/Nc2nc(Nc3ccccc3)nc(NC3CCCCC3)n2)c(O)c([N+](=O)[O-])c1. The number of rotatable bonds is 9. The van der Waals surface area contributed by atoms with Crippen molar-refractivity contribution in [2.24, 2.45) is 5.10 Å². The van der Waals surface area contributed by atoms with Gasteiger partial charge in [0.15, 0.2) is 0 Å². The molecule has 0 amide bonds. The van der Waals surface area contributed by atoms with E-state index in [1.807, 2.05) is 30.3 Å². The van der Waals surface area contributed by atoms with E-state index in [1.165, 1.54) is 6.42 Å². The monoisotopic (exact) mass is 493 g/mol. The third kappa shape index (κ3) is 6.16. The molecule has 186 valence electrons. The Labute approximate surface area is 204 Å². The molecule has 36 heavy (non-hydrogen) atoms. The number of phenols is 1. The van der Waals surface area contributed by atoms with Crippen LogP contribution in [0.5, 0.6) is 5.75 Å². The highest BCUT2D eigenvalue weighted by molar-refractivity contribution is 5.87. The molecule has 1 saturated carbocycles. The van der Waals surface area contributed by atoms with Crippen molar-refractivity contribution < 1.29 is 15.0 Å². The quantitative estimate of drug-likeness (QED) is 0.188. The summed E-state index contributed by atoms with van der Waals surface area (Å²) in [5, 5.41) is 42.8. The molecule has 1 heterocycles. The van der Waals surface area contributed by atoms with Gasteiger partial charge in [0.2, 0.25) is 23.6 Å². The van der Waals surface area contributed by atoms with Crippen molar-refractivity contribution in [3.63, 3.8) is 0 Å². The number of nitrogens with zero attached hydrogens (tertiary/aromatic N) is 6. The lowest BCUT2D eigenvalue weighted by Crippen LogP contribution is -2.24. The fourth-order valence-electron chi connectivity index (χ4n) is 3.75. The summed E-state index contributed by atoms with van der Waals surface area (Å²) in [5.41, 5.74) is 1.77. The van der Waals surface area contributed by atoms with Crippen LogP contribution in [0.4, 0.5) is 34.9 Å². The van der Waals surface area contributed by atoms with Crippen LogP contribution in [0.15, 0.2) is 47.6 Å². The summed E-state index contributed by atoms with van der Waals surface area (Å²) in [5.74, 6) is -0.113. The fraction of sp³-hybridized carbons (Fsp3) is 0.273. The van der Waals surface area contributed by atoms with E-state index in [4.69, 9.17) is 0 Å². The van der Waals surface area contributed by atoms with Crippen LogP contribution in [0, 0.1) is 20.2 Å². The number of hydrazone groups is 1. The van der Waals surface area contributed by atoms with Crippen molar-refractivity contribution in [2.75, 3.05) is 16.1 Å². The second-order valence-corrected chi connectivity index (χ2v) is 8.06. The number of aromatic nitrogens is 3. The number of nitro groups is 2. The molecule has 1 aliphatic carbocycles. The van der Waals surface area contributed by atoms with Crippen LogP contribution < -0.4 is 16.1 Å². The van der Waals surface area contributed by atoms with Crippen molar-refractivity contribution in [1.29, 1.82) is 0 Å². The molecule has 0 bridgehead atoms. The highest BCUT2D eigenvalue weighted by atomic mass is 16.6. The lowest BCUT2D eigenvalue weighted by Gasteiger charge is -2.22. The maximum atomic E-state index is 11.2. The summed E-state index contributed by atoms with van der Waals surface area (Å²) in [6, 6.07) is 11.2. The van der Waals surface area contributed by atoms with Gasteiger partial charge in [-0.2, -0.15) is 20.1 Å². The summed E-state index contributed by atoms with van der Waals surface area (Å²) in [6.45, 7) is 0. The topological polar surface area (TPSA) is 194 Å². The molecule has 0 saturated heterocycles. The molecule has 1 aromatic heterocycles. The molecule has 0 spiro atoms. The van der Waals surface area contributed by atoms with Gasteiger partial charge < -0.3 is 15.7 Å². The summed E-state index contributed by atoms with van der Waals surface area (Å²) < 4.78 is 0. The Morgan fingerprint density at radius 1 is 0.944 bits per heavy atom. The fourth-order valence-corrected chi connectivity index (χ4v) is 3.75. The van der Waals surface area contributed by atoms with Crippen molar-refractivity contribution in [2.45, 2.75) is 38.1 Å². The standard InChI is InChI=1S/C22H23N9O5/c32-19-14(11-17(30(33)34)12-18(19)31(35)36)13-23-29-22-27-20(24-15-7-3-1-4-8-15)26-21(28-22)25-16-9-5-2-6-10-16/h1,3-4,7-8,11-13,16,32H,2,5-6,9-10H2,(H3,24,25,26,27,28,29)/b23-13+. The van der Waals surface area contributed by atoms with Crippen LogP contribution in [-0.4, -0.2) is 42.2 Å². The Morgan fingerprint density at radius 2 is 1.64 bits per heavy atom. The highest BCUT2D eigenvalue weighted by Crippen LogP contribution is 2.33. The van der Waals surface area contributed by atoms with Gasteiger partial charge >= 0.3 is 5.69 Å².